The number of aryl methyl sites for hydroxylation is 2. The van der Waals surface area contributed by atoms with Gasteiger partial charge in [0.1, 0.15) is 16.6 Å². The number of pyridine rings is 2. The molecule has 0 saturated carbocycles. The van der Waals surface area contributed by atoms with Crippen molar-refractivity contribution in [1.29, 1.82) is 0 Å². The molecule has 5 rings (SSSR count). The number of fused-ring (bicyclic) bond motifs is 1. The van der Waals surface area contributed by atoms with Crippen LogP contribution in [0.25, 0.3) is 11.1 Å². The number of thiazole rings is 1. The Hall–Kier alpha value is -4.03. The van der Waals surface area contributed by atoms with E-state index in [4.69, 9.17) is 16.3 Å². The van der Waals surface area contributed by atoms with E-state index >= 15 is 0 Å². The van der Waals surface area contributed by atoms with Gasteiger partial charge in [-0.3, -0.25) is 34.5 Å². The van der Waals surface area contributed by atoms with Gasteiger partial charge in [-0.05, 0) is 19.1 Å². The Labute approximate surface area is 213 Å². The Morgan fingerprint density at radius 2 is 1.97 bits per heavy atom. The van der Waals surface area contributed by atoms with Crippen LogP contribution in [0, 0.1) is 6.92 Å². The highest BCUT2D eigenvalue weighted by Crippen LogP contribution is 2.35. The Balaban J connectivity index is 1.36. The van der Waals surface area contributed by atoms with Gasteiger partial charge in [-0.25, -0.2) is 9.97 Å². The summed E-state index contributed by atoms with van der Waals surface area (Å²) < 4.78 is 6.67. The molecule has 4 aromatic heterocycles. The molecule has 4 aromatic rings. The summed E-state index contributed by atoms with van der Waals surface area (Å²) in [4.78, 5) is 52.9. The van der Waals surface area contributed by atoms with Crippen LogP contribution in [0.4, 0.5) is 5.13 Å². The van der Waals surface area contributed by atoms with E-state index in [1.165, 1.54) is 41.6 Å². The van der Waals surface area contributed by atoms with E-state index in [2.05, 4.69) is 25.4 Å². The van der Waals surface area contributed by atoms with Gasteiger partial charge in [-0.15, -0.1) is 0 Å². The summed E-state index contributed by atoms with van der Waals surface area (Å²) in [5.41, 5.74) is 2.88. The summed E-state index contributed by atoms with van der Waals surface area (Å²) in [6.45, 7) is 2.44. The third kappa shape index (κ3) is 4.36. The molecular formula is C23H20ClN7O4S. The fourth-order valence-electron chi connectivity index (χ4n) is 3.92. The van der Waals surface area contributed by atoms with Crippen molar-refractivity contribution in [2.75, 3.05) is 12.4 Å². The molecule has 0 aromatic carbocycles. The minimum atomic E-state index is -0.394. The molecule has 11 nitrogen and oxygen atoms in total. The van der Waals surface area contributed by atoms with Gasteiger partial charge in [0.25, 0.3) is 17.4 Å². The molecule has 1 aliphatic heterocycles. The van der Waals surface area contributed by atoms with Crippen molar-refractivity contribution in [3.63, 3.8) is 0 Å². The van der Waals surface area contributed by atoms with Crippen LogP contribution in [0.3, 0.4) is 0 Å². The molecule has 5 heterocycles. The molecular weight excluding hydrogens is 506 g/mol. The fourth-order valence-corrected chi connectivity index (χ4v) is 5.06. The zero-order chi connectivity index (χ0) is 25.6. The number of ether oxygens (including phenoxy) is 1. The first-order valence-electron chi connectivity index (χ1n) is 10.7. The third-order valence-electron chi connectivity index (χ3n) is 5.71. The number of aromatic amines is 1. The fraction of sp³-hybridized carbons (Fsp3) is 0.217. The van der Waals surface area contributed by atoms with Gasteiger partial charge in [-0.1, -0.05) is 22.9 Å². The van der Waals surface area contributed by atoms with Crippen LogP contribution in [0.5, 0.6) is 5.75 Å². The van der Waals surface area contributed by atoms with Crippen molar-refractivity contribution in [2.45, 2.75) is 20.0 Å². The van der Waals surface area contributed by atoms with Crippen molar-refractivity contribution in [3.8, 4) is 16.9 Å². The summed E-state index contributed by atoms with van der Waals surface area (Å²) in [5, 5.41) is 6.26. The number of carbonyl (C=O) groups excluding carboxylic acids is 2. The molecule has 0 bridgehead atoms. The summed E-state index contributed by atoms with van der Waals surface area (Å²) in [6, 6.07) is 4.68. The lowest BCUT2D eigenvalue weighted by Gasteiger charge is -2.14. The molecule has 0 atom stereocenters. The molecule has 0 fully saturated rings. The van der Waals surface area contributed by atoms with E-state index in [0.717, 1.165) is 4.88 Å². The zero-order valence-corrected chi connectivity index (χ0v) is 21.0. The lowest BCUT2D eigenvalue weighted by atomic mass is 10.0. The summed E-state index contributed by atoms with van der Waals surface area (Å²) >= 11 is 7.41. The lowest BCUT2D eigenvalue weighted by Crippen LogP contribution is -2.26. The number of halogens is 1. The lowest BCUT2D eigenvalue weighted by molar-refractivity contribution is 0.0744. The topological polar surface area (TPSA) is 135 Å². The molecule has 0 aliphatic carbocycles. The number of anilines is 1. The molecule has 36 heavy (non-hydrogen) atoms. The van der Waals surface area contributed by atoms with Gasteiger partial charge < -0.3 is 9.64 Å². The average Bonchev–Trinajstić information content (AvgIpc) is 3.51. The SMILES string of the molecule is COc1cnc(Cl)cc1-c1cc(C)ncc1C(=O)Nc1nc2c(s1)CN(C(=O)c1cc(=O)n(C)[nH]1)C2. The number of aromatic nitrogens is 5. The van der Waals surface area contributed by atoms with Crippen molar-refractivity contribution in [2.24, 2.45) is 7.05 Å². The first-order chi connectivity index (χ1) is 17.2. The minimum Gasteiger partial charge on any atom is -0.494 e. The first kappa shape index (κ1) is 23.7. The molecule has 0 saturated heterocycles. The Morgan fingerprint density at radius 3 is 2.67 bits per heavy atom. The number of carbonyl (C=O) groups is 2. The maximum atomic E-state index is 13.2. The third-order valence-corrected chi connectivity index (χ3v) is 6.91. The van der Waals surface area contributed by atoms with Crippen molar-refractivity contribution < 1.29 is 14.3 Å². The van der Waals surface area contributed by atoms with Crippen molar-refractivity contribution in [3.05, 3.63) is 73.6 Å². The quantitative estimate of drug-likeness (QED) is 0.382. The maximum Gasteiger partial charge on any atom is 0.272 e. The standard InChI is InChI=1S/C23H20ClN7O4S/c1-11-4-12(13-5-19(24)26-8-17(13)35-3)14(7-25-11)21(33)28-23-27-16-9-31(10-18(16)36-23)22(34)15-6-20(32)30(2)29-15/h4-8,29H,9-10H2,1-3H3,(H,27,28,33). The molecule has 13 heteroatoms. The van der Waals surface area contributed by atoms with Gasteiger partial charge in [0.05, 0.1) is 42.5 Å². The highest BCUT2D eigenvalue weighted by Gasteiger charge is 2.29. The van der Waals surface area contributed by atoms with E-state index in [1.54, 1.807) is 24.1 Å². The number of methoxy groups -OCH3 is 1. The second-order valence-corrected chi connectivity index (χ2v) is 9.62. The predicted octanol–water partition coefficient (Wildman–Crippen LogP) is 3.01. The maximum absolute atomic E-state index is 13.2. The van der Waals surface area contributed by atoms with E-state index in [0.29, 0.717) is 45.5 Å². The Kier molecular flexibility index (Phi) is 6.06. The van der Waals surface area contributed by atoms with Crippen LogP contribution in [-0.2, 0) is 20.1 Å². The molecule has 1 aliphatic rings. The first-order valence-corrected chi connectivity index (χ1v) is 11.9. The molecule has 2 N–H and O–H groups in total. The second-order valence-electron chi connectivity index (χ2n) is 8.15. The smallest absolute Gasteiger partial charge is 0.272 e. The van der Waals surface area contributed by atoms with Crippen LogP contribution in [-0.4, -0.2) is 48.6 Å². The zero-order valence-electron chi connectivity index (χ0n) is 19.5. The molecule has 0 unspecified atom stereocenters. The number of nitrogens with zero attached hydrogens (tertiary/aromatic N) is 5. The van der Waals surface area contributed by atoms with E-state index in [1.807, 2.05) is 6.92 Å². The molecule has 0 spiro atoms. The molecule has 0 radical (unpaired) electrons. The number of rotatable bonds is 5. The summed E-state index contributed by atoms with van der Waals surface area (Å²) in [5.74, 6) is -0.213. The molecule has 184 valence electrons. The van der Waals surface area contributed by atoms with Gasteiger partial charge in [0.2, 0.25) is 0 Å². The average molecular weight is 526 g/mol. The van der Waals surface area contributed by atoms with Gasteiger partial charge in [0, 0.05) is 36.1 Å². The van der Waals surface area contributed by atoms with Crippen molar-refractivity contribution in [1.82, 2.24) is 29.6 Å². The van der Waals surface area contributed by atoms with Crippen LogP contribution in [0.1, 0.15) is 37.1 Å². The van der Waals surface area contributed by atoms with Crippen molar-refractivity contribution >= 4 is 39.9 Å². The normalized spacial score (nSPS) is 12.5. The highest BCUT2D eigenvalue weighted by atomic mass is 35.5. The Bertz CT molecular complexity index is 1550. The predicted molar refractivity (Wildman–Crippen MR) is 133 cm³/mol. The van der Waals surface area contributed by atoms with Crippen LogP contribution in [0.2, 0.25) is 5.15 Å². The minimum absolute atomic E-state index is 0.220. The van der Waals surface area contributed by atoms with E-state index in [-0.39, 0.29) is 28.9 Å². The number of amides is 2. The number of H-pyrrole nitrogens is 1. The van der Waals surface area contributed by atoms with E-state index < -0.39 is 5.91 Å². The monoisotopic (exact) mass is 525 g/mol. The van der Waals surface area contributed by atoms with Gasteiger partial charge >= 0.3 is 0 Å². The highest BCUT2D eigenvalue weighted by molar-refractivity contribution is 7.16. The molecule has 2 amide bonds. The van der Waals surface area contributed by atoms with E-state index in [9.17, 15) is 14.4 Å². The van der Waals surface area contributed by atoms with Crippen LogP contribution >= 0.6 is 22.9 Å². The van der Waals surface area contributed by atoms with Gasteiger partial charge in [0.15, 0.2) is 5.13 Å². The Morgan fingerprint density at radius 1 is 1.17 bits per heavy atom. The number of hydrogen-bond donors (Lipinski definition) is 2. The largest absolute Gasteiger partial charge is 0.494 e. The number of hydrogen-bond acceptors (Lipinski definition) is 8. The summed E-state index contributed by atoms with van der Waals surface area (Å²) in [6.07, 6.45) is 2.99. The van der Waals surface area contributed by atoms with Crippen LogP contribution in [0.15, 0.2) is 35.4 Å². The summed E-state index contributed by atoms with van der Waals surface area (Å²) in [7, 11) is 3.06. The van der Waals surface area contributed by atoms with Gasteiger partial charge in [-0.2, -0.15) is 0 Å². The number of nitrogens with one attached hydrogen (secondary N) is 2. The second kappa shape index (κ2) is 9.21. The van der Waals surface area contributed by atoms with Crippen LogP contribution < -0.4 is 15.6 Å².